The number of hydrogen-bond acceptors (Lipinski definition) is 7. The molecule has 0 fully saturated rings. The summed E-state index contributed by atoms with van der Waals surface area (Å²) in [5.74, 6) is -1.49. The molecule has 0 saturated heterocycles. The summed E-state index contributed by atoms with van der Waals surface area (Å²) in [6, 6.07) is 20.0. The largest absolute Gasteiger partial charge is 0.384 e. The maximum absolute atomic E-state index is 13.4. The molecule has 0 saturated carbocycles. The summed E-state index contributed by atoms with van der Waals surface area (Å²) >= 11 is 0. The number of hydrogen-bond donors (Lipinski definition) is 5. The second-order valence-electron chi connectivity index (χ2n) is 10.8. The van der Waals surface area contributed by atoms with Gasteiger partial charge in [-0.15, -0.1) is 0 Å². The third kappa shape index (κ3) is 6.79. The molecule has 1 unspecified atom stereocenters. The lowest BCUT2D eigenvalue weighted by Gasteiger charge is -2.24. The number of benzene rings is 3. The number of carbonyl (C=O) groups excluding carboxylic acids is 2. The molecule has 1 aliphatic heterocycles. The van der Waals surface area contributed by atoms with E-state index < -0.39 is 39.4 Å². The fraction of sp³-hybridized carbons (Fsp3) is 0.241. The number of sulfonamides is 1. The van der Waals surface area contributed by atoms with Crippen molar-refractivity contribution in [1.29, 1.82) is 5.41 Å². The monoisotopic (exact) mass is 576 g/mol. The van der Waals surface area contributed by atoms with Gasteiger partial charge < -0.3 is 21.6 Å². The Balaban J connectivity index is 1.56. The van der Waals surface area contributed by atoms with Crippen LogP contribution in [0, 0.1) is 5.41 Å². The molecule has 3 aromatic carbocycles. The van der Waals surface area contributed by atoms with Crippen LogP contribution in [0.15, 0.2) is 82.8 Å². The minimum absolute atomic E-state index is 0.0345. The molecular formula is C29H32N6O5S. The zero-order valence-electron chi connectivity index (χ0n) is 22.9. The van der Waals surface area contributed by atoms with Gasteiger partial charge in [-0.2, -0.15) is 0 Å². The van der Waals surface area contributed by atoms with E-state index in [0.717, 1.165) is 0 Å². The molecule has 1 aliphatic rings. The Morgan fingerprint density at radius 2 is 1.68 bits per heavy atom. The van der Waals surface area contributed by atoms with Gasteiger partial charge in [-0.3, -0.25) is 15.0 Å². The number of oxime groups is 1. The second kappa shape index (κ2) is 11.1. The average Bonchev–Trinajstić information content (AvgIpc) is 3.32. The molecule has 4 rings (SSSR count). The maximum Gasteiger partial charge on any atom is 0.272 e. The van der Waals surface area contributed by atoms with Crippen LogP contribution in [0.5, 0.6) is 0 Å². The normalized spacial score (nSPS) is 16.9. The summed E-state index contributed by atoms with van der Waals surface area (Å²) in [6.45, 7) is 5.29. The molecule has 41 heavy (non-hydrogen) atoms. The summed E-state index contributed by atoms with van der Waals surface area (Å²) in [7, 11) is -3.80. The van der Waals surface area contributed by atoms with Crippen molar-refractivity contribution >= 4 is 39.1 Å². The number of amides is 2. The molecule has 2 amide bonds. The van der Waals surface area contributed by atoms with Crippen LogP contribution in [-0.4, -0.2) is 42.9 Å². The third-order valence-electron chi connectivity index (χ3n) is 6.23. The van der Waals surface area contributed by atoms with Crippen LogP contribution >= 0.6 is 0 Å². The molecule has 11 nitrogen and oxygen atoms in total. The van der Waals surface area contributed by atoms with Crippen molar-refractivity contribution in [3.8, 4) is 11.1 Å². The molecule has 1 atom stereocenters. The van der Waals surface area contributed by atoms with Gasteiger partial charge in [0, 0.05) is 34.3 Å². The number of nitrogens with two attached hydrogens (primary N) is 2. The van der Waals surface area contributed by atoms with Crippen LogP contribution in [0.2, 0.25) is 0 Å². The summed E-state index contributed by atoms with van der Waals surface area (Å²) in [4.78, 5) is 31.0. The Labute approximate surface area is 238 Å². The summed E-state index contributed by atoms with van der Waals surface area (Å²) < 4.78 is 28.8. The first kappa shape index (κ1) is 29.4. The van der Waals surface area contributed by atoms with Crippen LogP contribution in [0.3, 0.4) is 0 Å². The van der Waals surface area contributed by atoms with Crippen molar-refractivity contribution < 1.29 is 22.8 Å². The molecule has 12 heteroatoms. The van der Waals surface area contributed by atoms with E-state index >= 15 is 0 Å². The smallest absolute Gasteiger partial charge is 0.272 e. The Bertz CT molecular complexity index is 1640. The molecule has 0 aliphatic carbocycles. The van der Waals surface area contributed by atoms with Gasteiger partial charge in [-0.1, -0.05) is 53.7 Å². The van der Waals surface area contributed by atoms with Crippen LogP contribution in [0.1, 0.15) is 44.7 Å². The molecular weight excluding hydrogens is 544 g/mol. The van der Waals surface area contributed by atoms with Crippen molar-refractivity contribution in [2.75, 3.05) is 5.32 Å². The highest BCUT2D eigenvalue weighted by Gasteiger charge is 2.48. The van der Waals surface area contributed by atoms with E-state index in [4.69, 9.17) is 21.7 Å². The van der Waals surface area contributed by atoms with Crippen LogP contribution in [0.4, 0.5) is 5.69 Å². The molecule has 3 aromatic rings. The van der Waals surface area contributed by atoms with Gasteiger partial charge in [0.15, 0.2) is 0 Å². The second-order valence-corrected chi connectivity index (χ2v) is 12.5. The molecule has 0 spiro atoms. The zero-order chi connectivity index (χ0) is 30.0. The van der Waals surface area contributed by atoms with Crippen molar-refractivity contribution in [2.45, 2.75) is 49.6 Å². The third-order valence-corrected chi connectivity index (χ3v) is 8.05. The number of nitrogens with zero attached hydrogens (tertiary/aromatic N) is 1. The van der Waals surface area contributed by atoms with Gasteiger partial charge in [-0.25, -0.2) is 13.1 Å². The summed E-state index contributed by atoms with van der Waals surface area (Å²) in [5, 5.41) is 14.5. The number of rotatable bonds is 9. The SMILES string of the molecule is CC(C)(C)NS(=O)(=O)c1ccccc1-c1ccc(NC(=O)C2(CC(N)=O)CC(c3cccc(C(=N)N)c3)=NO2)cc1. The van der Waals surface area contributed by atoms with Gasteiger partial charge in [0.2, 0.25) is 21.5 Å². The topological polar surface area (TPSA) is 190 Å². The van der Waals surface area contributed by atoms with Crippen molar-refractivity contribution in [3.05, 3.63) is 83.9 Å². The Morgan fingerprint density at radius 1 is 1.00 bits per heavy atom. The van der Waals surface area contributed by atoms with Crippen molar-refractivity contribution in [3.63, 3.8) is 0 Å². The quantitative estimate of drug-likeness (QED) is 0.192. The van der Waals surface area contributed by atoms with E-state index in [1.54, 1.807) is 87.5 Å². The summed E-state index contributed by atoms with van der Waals surface area (Å²) in [5.41, 5.74) is 11.7. The molecule has 0 bridgehead atoms. The Kier molecular flexibility index (Phi) is 8.00. The Morgan fingerprint density at radius 3 is 2.32 bits per heavy atom. The highest BCUT2D eigenvalue weighted by Crippen LogP contribution is 2.33. The first-order chi connectivity index (χ1) is 19.2. The van der Waals surface area contributed by atoms with E-state index in [1.807, 2.05) is 0 Å². The van der Waals surface area contributed by atoms with Crippen LogP contribution in [-0.2, 0) is 24.4 Å². The van der Waals surface area contributed by atoms with E-state index in [0.29, 0.717) is 33.7 Å². The lowest BCUT2D eigenvalue weighted by atomic mass is 9.89. The minimum atomic E-state index is -3.80. The van der Waals surface area contributed by atoms with E-state index in [2.05, 4.69) is 15.2 Å². The van der Waals surface area contributed by atoms with Gasteiger partial charge in [-0.05, 0) is 50.6 Å². The van der Waals surface area contributed by atoms with Crippen molar-refractivity contribution in [2.24, 2.45) is 16.6 Å². The van der Waals surface area contributed by atoms with Gasteiger partial charge >= 0.3 is 0 Å². The van der Waals surface area contributed by atoms with Gasteiger partial charge in [0.1, 0.15) is 5.84 Å². The number of nitrogens with one attached hydrogen (secondary N) is 3. The lowest BCUT2D eigenvalue weighted by Crippen LogP contribution is -2.46. The summed E-state index contributed by atoms with van der Waals surface area (Å²) in [6.07, 6.45) is -0.449. The first-order valence-electron chi connectivity index (χ1n) is 12.7. The fourth-order valence-electron chi connectivity index (χ4n) is 4.45. The average molecular weight is 577 g/mol. The number of amidine groups is 1. The fourth-order valence-corrected chi connectivity index (χ4v) is 6.10. The first-order valence-corrected chi connectivity index (χ1v) is 14.2. The van der Waals surface area contributed by atoms with E-state index in [1.165, 1.54) is 6.07 Å². The standard InChI is InChI=1S/C29H32N6O5S/c1-28(2,3)35-41(38,39)24-10-5-4-9-22(24)18-11-13-21(14-12-18)33-27(37)29(17-25(30)36)16-23(34-40-29)19-7-6-8-20(15-19)26(31)32/h4-15,35H,16-17H2,1-3H3,(H2,30,36)(H3,31,32)(H,33,37). The Hall–Kier alpha value is -4.55. The van der Waals surface area contributed by atoms with Gasteiger partial charge in [0.25, 0.3) is 5.91 Å². The van der Waals surface area contributed by atoms with Crippen molar-refractivity contribution in [1.82, 2.24) is 4.72 Å². The predicted molar refractivity (Wildman–Crippen MR) is 157 cm³/mol. The number of anilines is 1. The lowest BCUT2D eigenvalue weighted by molar-refractivity contribution is -0.144. The van der Waals surface area contributed by atoms with Crippen LogP contribution in [0.25, 0.3) is 11.1 Å². The van der Waals surface area contributed by atoms with Gasteiger partial charge in [0.05, 0.1) is 17.0 Å². The molecule has 0 aromatic heterocycles. The van der Waals surface area contributed by atoms with Crippen LogP contribution < -0.4 is 21.5 Å². The predicted octanol–water partition coefficient (Wildman–Crippen LogP) is 3.09. The molecule has 214 valence electrons. The number of carbonyl (C=O) groups is 2. The minimum Gasteiger partial charge on any atom is -0.384 e. The highest BCUT2D eigenvalue weighted by atomic mass is 32.2. The molecule has 1 heterocycles. The molecule has 0 radical (unpaired) electrons. The highest BCUT2D eigenvalue weighted by molar-refractivity contribution is 7.89. The van der Waals surface area contributed by atoms with E-state index in [-0.39, 0.29) is 17.2 Å². The van der Waals surface area contributed by atoms with E-state index in [9.17, 15) is 18.0 Å². The maximum atomic E-state index is 13.4. The zero-order valence-corrected chi connectivity index (χ0v) is 23.7. The number of primary amides is 1. The molecule has 7 N–H and O–H groups in total. The number of nitrogen functional groups attached to an aromatic ring is 1.